The van der Waals surface area contributed by atoms with Gasteiger partial charge in [0.25, 0.3) is 5.69 Å². The molecule has 22 heavy (non-hydrogen) atoms. The van der Waals surface area contributed by atoms with Crippen LogP contribution in [0.3, 0.4) is 0 Å². The maximum Gasteiger partial charge on any atom is 0.271 e. The number of carbonyl (C=O) groups is 1. The molecule has 0 saturated heterocycles. The predicted octanol–water partition coefficient (Wildman–Crippen LogP) is 2.80. The summed E-state index contributed by atoms with van der Waals surface area (Å²) in [7, 11) is 0. The smallest absolute Gasteiger partial charge is 0.271 e. The number of aromatic nitrogens is 2. The van der Waals surface area contributed by atoms with Crippen LogP contribution in [-0.4, -0.2) is 26.3 Å². The van der Waals surface area contributed by atoms with E-state index >= 15 is 0 Å². The fourth-order valence-electron chi connectivity index (χ4n) is 1.43. The SMILES string of the molecule is CC(Sc1nnc(N)s1)C(=O)Nc1ccc([N+](=O)[O-])cc1Cl. The van der Waals surface area contributed by atoms with Crippen LogP contribution in [0.25, 0.3) is 0 Å². The monoisotopic (exact) mass is 359 g/mol. The Kier molecular flexibility index (Phi) is 5.16. The average molecular weight is 360 g/mol. The van der Waals surface area contributed by atoms with Crippen LogP contribution in [-0.2, 0) is 4.79 Å². The minimum Gasteiger partial charge on any atom is -0.374 e. The second-order valence-electron chi connectivity index (χ2n) is 4.08. The number of non-ortho nitro benzene ring substituents is 1. The Morgan fingerprint density at radius 2 is 2.27 bits per heavy atom. The summed E-state index contributed by atoms with van der Waals surface area (Å²) in [5.74, 6) is -0.311. The average Bonchev–Trinajstić information content (AvgIpc) is 2.85. The number of nitrogens with two attached hydrogens (primary N) is 1. The number of thioether (sulfide) groups is 1. The van der Waals surface area contributed by atoms with Crippen LogP contribution in [0.5, 0.6) is 0 Å². The maximum atomic E-state index is 12.1. The van der Waals surface area contributed by atoms with E-state index < -0.39 is 10.2 Å². The summed E-state index contributed by atoms with van der Waals surface area (Å²) in [6.45, 7) is 1.69. The lowest BCUT2D eigenvalue weighted by Crippen LogP contribution is -2.22. The van der Waals surface area contributed by atoms with Gasteiger partial charge in [-0.25, -0.2) is 0 Å². The number of benzene rings is 1. The standard InChI is InChI=1S/C11H10ClN5O3S2/c1-5(21-11-16-15-10(13)22-11)9(18)14-8-3-2-6(17(19)20)4-7(8)12/h2-5H,1H3,(H2,13,15)(H,14,18). The number of halogens is 1. The molecule has 1 amide bonds. The van der Waals surface area contributed by atoms with E-state index in [-0.39, 0.29) is 16.6 Å². The van der Waals surface area contributed by atoms with E-state index in [9.17, 15) is 14.9 Å². The van der Waals surface area contributed by atoms with Crippen molar-refractivity contribution >= 4 is 57.1 Å². The van der Waals surface area contributed by atoms with Crippen molar-refractivity contribution < 1.29 is 9.72 Å². The van der Waals surface area contributed by atoms with Crippen LogP contribution in [0.2, 0.25) is 5.02 Å². The van der Waals surface area contributed by atoms with Gasteiger partial charge in [0.15, 0.2) is 4.34 Å². The van der Waals surface area contributed by atoms with Gasteiger partial charge in [0, 0.05) is 12.1 Å². The van der Waals surface area contributed by atoms with Gasteiger partial charge >= 0.3 is 0 Å². The molecule has 0 aliphatic carbocycles. The molecule has 0 aliphatic heterocycles. The molecule has 0 radical (unpaired) electrons. The first kappa shape index (κ1) is 16.5. The van der Waals surface area contributed by atoms with Gasteiger partial charge in [0.2, 0.25) is 11.0 Å². The molecule has 0 bridgehead atoms. The molecule has 1 unspecified atom stereocenters. The first-order valence-electron chi connectivity index (χ1n) is 5.87. The van der Waals surface area contributed by atoms with Crippen LogP contribution in [0.1, 0.15) is 6.92 Å². The van der Waals surface area contributed by atoms with E-state index in [1.165, 1.54) is 41.3 Å². The molecule has 1 atom stereocenters. The van der Waals surface area contributed by atoms with E-state index in [0.29, 0.717) is 15.2 Å². The Bertz CT molecular complexity index is 724. The van der Waals surface area contributed by atoms with Crippen molar-refractivity contribution in [2.24, 2.45) is 0 Å². The Labute approximate surface area is 138 Å². The van der Waals surface area contributed by atoms with Gasteiger partial charge in [0.05, 0.1) is 20.9 Å². The van der Waals surface area contributed by atoms with Gasteiger partial charge < -0.3 is 11.1 Å². The molecule has 1 heterocycles. The largest absolute Gasteiger partial charge is 0.374 e. The zero-order valence-electron chi connectivity index (χ0n) is 11.1. The molecule has 1 aromatic heterocycles. The van der Waals surface area contributed by atoms with Crippen LogP contribution in [0.4, 0.5) is 16.5 Å². The van der Waals surface area contributed by atoms with Gasteiger partial charge in [-0.1, -0.05) is 34.7 Å². The van der Waals surface area contributed by atoms with Gasteiger partial charge in [0.1, 0.15) is 0 Å². The number of nitro groups is 1. The maximum absolute atomic E-state index is 12.1. The predicted molar refractivity (Wildman–Crippen MR) is 86.4 cm³/mol. The molecule has 0 fully saturated rings. The van der Waals surface area contributed by atoms with Crippen LogP contribution >= 0.6 is 34.7 Å². The summed E-state index contributed by atoms with van der Waals surface area (Å²) in [6.07, 6.45) is 0. The summed E-state index contributed by atoms with van der Waals surface area (Å²) in [6, 6.07) is 3.84. The molecule has 2 aromatic rings. The van der Waals surface area contributed by atoms with Crippen molar-refractivity contribution in [3.05, 3.63) is 33.3 Å². The van der Waals surface area contributed by atoms with E-state index in [1.807, 2.05) is 0 Å². The van der Waals surface area contributed by atoms with Crippen molar-refractivity contribution in [1.82, 2.24) is 10.2 Å². The number of nitrogens with one attached hydrogen (secondary N) is 1. The quantitative estimate of drug-likeness (QED) is 0.477. The number of carbonyl (C=O) groups excluding carboxylic acids is 1. The number of amides is 1. The number of nitrogens with zero attached hydrogens (tertiary/aromatic N) is 3. The number of hydrogen-bond donors (Lipinski definition) is 2. The Hall–Kier alpha value is -1.91. The second-order valence-corrected chi connectivity index (χ2v) is 7.08. The summed E-state index contributed by atoms with van der Waals surface area (Å²) in [4.78, 5) is 22.2. The first-order chi connectivity index (χ1) is 10.4. The Balaban J connectivity index is 2.03. The molecule has 8 nitrogen and oxygen atoms in total. The highest BCUT2D eigenvalue weighted by Crippen LogP contribution is 2.30. The third kappa shape index (κ3) is 4.06. The lowest BCUT2D eigenvalue weighted by atomic mass is 10.2. The van der Waals surface area contributed by atoms with E-state index in [2.05, 4.69) is 15.5 Å². The molecule has 1 aromatic carbocycles. The minimum absolute atomic E-state index is 0.0971. The number of nitro benzene ring substituents is 1. The van der Waals surface area contributed by atoms with Crippen molar-refractivity contribution in [2.75, 3.05) is 11.1 Å². The van der Waals surface area contributed by atoms with E-state index in [0.717, 1.165) is 0 Å². The highest BCUT2D eigenvalue weighted by molar-refractivity contribution is 8.02. The molecule has 0 aliphatic rings. The molecule has 3 N–H and O–H groups in total. The fraction of sp³-hybridized carbons (Fsp3) is 0.182. The number of nitrogen functional groups attached to an aromatic ring is 1. The van der Waals surface area contributed by atoms with Gasteiger partial charge in [-0.2, -0.15) is 0 Å². The van der Waals surface area contributed by atoms with Crippen molar-refractivity contribution in [2.45, 2.75) is 16.5 Å². The first-order valence-corrected chi connectivity index (χ1v) is 7.94. The van der Waals surface area contributed by atoms with Gasteiger partial charge in [-0.3, -0.25) is 14.9 Å². The van der Waals surface area contributed by atoms with Gasteiger partial charge in [-0.05, 0) is 13.0 Å². The molecule has 116 valence electrons. The normalized spacial score (nSPS) is 11.9. The third-order valence-corrected chi connectivity index (χ3v) is 4.74. The highest BCUT2D eigenvalue weighted by Gasteiger charge is 2.19. The molecule has 11 heteroatoms. The molecular weight excluding hydrogens is 350 g/mol. The Morgan fingerprint density at radius 1 is 1.55 bits per heavy atom. The molecule has 0 saturated carbocycles. The fourth-order valence-corrected chi connectivity index (χ4v) is 3.43. The van der Waals surface area contributed by atoms with E-state index in [4.69, 9.17) is 17.3 Å². The molecular formula is C11H10ClN5O3S2. The lowest BCUT2D eigenvalue weighted by molar-refractivity contribution is -0.384. The highest BCUT2D eigenvalue weighted by atomic mass is 35.5. The number of anilines is 2. The summed E-state index contributed by atoms with van der Waals surface area (Å²) in [5, 5.41) is 20.7. The van der Waals surface area contributed by atoms with Gasteiger partial charge in [-0.15, -0.1) is 10.2 Å². The minimum atomic E-state index is -0.560. The van der Waals surface area contributed by atoms with E-state index in [1.54, 1.807) is 6.92 Å². The zero-order chi connectivity index (χ0) is 16.3. The van der Waals surface area contributed by atoms with Crippen LogP contribution < -0.4 is 11.1 Å². The molecule has 0 spiro atoms. The number of hydrogen-bond acceptors (Lipinski definition) is 8. The zero-order valence-corrected chi connectivity index (χ0v) is 13.5. The Morgan fingerprint density at radius 3 is 2.82 bits per heavy atom. The third-order valence-electron chi connectivity index (χ3n) is 2.49. The van der Waals surface area contributed by atoms with Crippen molar-refractivity contribution in [1.29, 1.82) is 0 Å². The van der Waals surface area contributed by atoms with Crippen molar-refractivity contribution in [3.8, 4) is 0 Å². The topological polar surface area (TPSA) is 124 Å². The van der Waals surface area contributed by atoms with Crippen molar-refractivity contribution in [3.63, 3.8) is 0 Å². The lowest BCUT2D eigenvalue weighted by Gasteiger charge is -2.11. The molecule has 2 rings (SSSR count). The van der Waals surface area contributed by atoms with Crippen LogP contribution in [0.15, 0.2) is 22.5 Å². The summed E-state index contributed by atoms with van der Waals surface area (Å²) >= 11 is 8.32. The summed E-state index contributed by atoms with van der Waals surface area (Å²) in [5.41, 5.74) is 5.63. The van der Waals surface area contributed by atoms with Crippen LogP contribution in [0, 0.1) is 10.1 Å². The summed E-state index contributed by atoms with van der Waals surface area (Å²) < 4.78 is 0.579. The number of rotatable bonds is 5. The second kappa shape index (κ2) is 6.90.